The fourth-order valence-corrected chi connectivity index (χ4v) is 3.85. The predicted molar refractivity (Wildman–Crippen MR) is 98.5 cm³/mol. The zero-order valence-electron chi connectivity index (χ0n) is 15.1. The largest absolute Gasteiger partial charge is 0.377 e. The molecule has 0 amide bonds. The van der Waals surface area contributed by atoms with E-state index in [1.807, 2.05) is 24.8 Å². The molecule has 6 nitrogen and oxygen atoms in total. The van der Waals surface area contributed by atoms with Gasteiger partial charge in [-0.25, -0.2) is 0 Å². The van der Waals surface area contributed by atoms with E-state index in [1.165, 1.54) is 11.1 Å². The molecular weight excluding hydrogens is 328 g/mol. The van der Waals surface area contributed by atoms with Crippen LogP contribution in [0, 0.1) is 0 Å². The predicted octanol–water partition coefficient (Wildman–Crippen LogP) is 1.58. The molecule has 1 atom stereocenters. The van der Waals surface area contributed by atoms with Crippen LogP contribution in [0.1, 0.15) is 11.1 Å². The molecule has 0 bridgehead atoms. The van der Waals surface area contributed by atoms with E-state index in [4.69, 9.17) is 9.47 Å². The van der Waals surface area contributed by atoms with Gasteiger partial charge in [0, 0.05) is 64.1 Å². The molecule has 2 aromatic rings. The third kappa shape index (κ3) is 4.45. The van der Waals surface area contributed by atoms with Crippen molar-refractivity contribution in [1.29, 1.82) is 0 Å². The van der Waals surface area contributed by atoms with Crippen molar-refractivity contribution < 1.29 is 9.47 Å². The van der Waals surface area contributed by atoms with Crippen molar-refractivity contribution in [1.82, 2.24) is 19.8 Å². The van der Waals surface area contributed by atoms with Crippen LogP contribution in [0.15, 0.2) is 49.1 Å². The Hall–Kier alpha value is -1.86. The fourth-order valence-electron chi connectivity index (χ4n) is 3.85. The third-order valence-electron chi connectivity index (χ3n) is 5.07. The van der Waals surface area contributed by atoms with E-state index < -0.39 is 0 Å². The molecule has 0 aliphatic carbocycles. The summed E-state index contributed by atoms with van der Waals surface area (Å²) < 4.78 is 12.2. The van der Waals surface area contributed by atoms with Crippen molar-refractivity contribution in [2.45, 2.75) is 18.7 Å². The molecule has 0 saturated carbocycles. The van der Waals surface area contributed by atoms with Crippen LogP contribution in [-0.4, -0.2) is 71.4 Å². The Labute approximate surface area is 154 Å². The number of nitrogens with zero attached hydrogens (tertiary/aromatic N) is 4. The van der Waals surface area contributed by atoms with E-state index in [9.17, 15) is 0 Å². The normalized spacial score (nSPS) is 25.2. The molecule has 0 aromatic carbocycles. The van der Waals surface area contributed by atoms with E-state index in [2.05, 4.69) is 44.0 Å². The van der Waals surface area contributed by atoms with Gasteiger partial charge in [0.15, 0.2) is 0 Å². The number of aromatic nitrogens is 2. The van der Waals surface area contributed by atoms with Crippen molar-refractivity contribution in [3.63, 3.8) is 0 Å². The van der Waals surface area contributed by atoms with E-state index in [1.54, 1.807) is 0 Å². The minimum absolute atomic E-state index is 0.255. The molecule has 4 heterocycles. The number of hydrogen-bond donors (Lipinski definition) is 0. The van der Waals surface area contributed by atoms with Gasteiger partial charge in [-0.05, 0) is 35.4 Å². The van der Waals surface area contributed by atoms with Gasteiger partial charge in [0.05, 0.1) is 19.8 Å². The molecule has 26 heavy (non-hydrogen) atoms. The summed E-state index contributed by atoms with van der Waals surface area (Å²) in [7, 11) is 0. The van der Waals surface area contributed by atoms with Gasteiger partial charge in [0.2, 0.25) is 0 Å². The molecule has 2 saturated heterocycles. The minimum Gasteiger partial charge on any atom is -0.377 e. The fraction of sp³-hybridized carbons (Fsp3) is 0.500. The Kier molecular flexibility index (Phi) is 5.55. The Bertz CT molecular complexity index is 685. The topological polar surface area (TPSA) is 50.7 Å². The average Bonchev–Trinajstić information content (AvgIpc) is 2.85. The number of morpholine rings is 1. The molecule has 4 rings (SSSR count). The molecule has 0 radical (unpaired) electrons. The molecule has 0 unspecified atom stereocenters. The van der Waals surface area contributed by atoms with E-state index in [0.717, 1.165) is 52.5 Å². The summed E-state index contributed by atoms with van der Waals surface area (Å²) in [4.78, 5) is 13.1. The lowest BCUT2D eigenvalue weighted by Crippen LogP contribution is -2.58. The summed E-state index contributed by atoms with van der Waals surface area (Å²) in [6.45, 7) is 7.65. The van der Waals surface area contributed by atoms with Gasteiger partial charge < -0.3 is 9.47 Å². The van der Waals surface area contributed by atoms with E-state index in [-0.39, 0.29) is 5.60 Å². The molecule has 1 spiro atoms. The second kappa shape index (κ2) is 8.22. The lowest BCUT2D eigenvalue weighted by molar-refractivity contribution is -0.143. The molecule has 2 fully saturated rings. The summed E-state index contributed by atoms with van der Waals surface area (Å²) in [5.41, 5.74) is 2.32. The highest BCUT2D eigenvalue weighted by atomic mass is 16.5. The maximum atomic E-state index is 6.29. The SMILES string of the molecule is c1cc(CN2CCOC[C@@]3(C2)CN(Cc2ccncc2)CCO3)ccn1. The lowest BCUT2D eigenvalue weighted by atomic mass is 10.0. The standard InChI is InChI=1S/C20H26N4O2/c1-5-21-6-2-18(1)13-23-9-11-25-17-20(15-23)16-24(10-12-26-20)14-19-3-7-22-8-4-19/h1-8H,9-17H2/t20-/m1/s1. The summed E-state index contributed by atoms with van der Waals surface area (Å²) in [6, 6.07) is 8.33. The second-order valence-corrected chi connectivity index (χ2v) is 7.22. The van der Waals surface area contributed by atoms with Crippen LogP contribution in [0.2, 0.25) is 0 Å². The molecule has 138 valence electrons. The van der Waals surface area contributed by atoms with E-state index >= 15 is 0 Å². The van der Waals surface area contributed by atoms with Gasteiger partial charge in [-0.15, -0.1) is 0 Å². The number of ether oxygens (including phenoxy) is 2. The second-order valence-electron chi connectivity index (χ2n) is 7.22. The minimum atomic E-state index is -0.255. The summed E-state index contributed by atoms with van der Waals surface area (Å²) >= 11 is 0. The first-order valence-corrected chi connectivity index (χ1v) is 9.26. The maximum absolute atomic E-state index is 6.29. The summed E-state index contributed by atoms with van der Waals surface area (Å²) in [5.74, 6) is 0. The Balaban J connectivity index is 1.43. The number of rotatable bonds is 4. The molecule has 2 aliphatic rings. The monoisotopic (exact) mass is 354 g/mol. The molecule has 2 aliphatic heterocycles. The Morgan fingerprint density at radius 3 is 1.92 bits per heavy atom. The molecule has 6 heteroatoms. The van der Waals surface area contributed by atoms with Crippen molar-refractivity contribution in [2.75, 3.05) is 46.0 Å². The van der Waals surface area contributed by atoms with Crippen LogP contribution in [0.25, 0.3) is 0 Å². The van der Waals surface area contributed by atoms with Gasteiger partial charge >= 0.3 is 0 Å². The highest BCUT2D eigenvalue weighted by molar-refractivity contribution is 5.11. The highest BCUT2D eigenvalue weighted by Gasteiger charge is 2.40. The van der Waals surface area contributed by atoms with Crippen molar-refractivity contribution in [3.05, 3.63) is 60.2 Å². The van der Waals surface area contributed by atoms with Crippen molar-refractivity contribution in [2.24, 2.45) is 0 Å². The average molecular weight is 354 g/mol. The first-order valence-electron chi connectivity index (χ1n) is 9.26. The van der Waals surface area contributed by atoms with Gasteiger partial charge in [-0.1, -0.05) is 0 Å². The van der Waals surface area contributed by atoms with Gasteiger partial charge in [-0.2, -0.15) is 0 Å². The van der Waals surface area contributed by atoms with Crippen LogP contribution in [0.5, 0.6) is 0 Å². The number of pyridine rings is 2. The van der Waals surface area contributed by atoms with Gasteiger partial charge in [0.25, 0.3) is 0 Å². The van der Waals surface area contributed by atoms with Gasteiger partial charge in [0.1, 0.15) is 5.60 Å². The van der Waals surface area contributed by atoms with Crippen LogP contribution in [-0.2, 0) is 22.6 Å². The maximum Gasteiger partial charge on any atom is 0.117 e. The quantitative estimate of drug-likeness (QED) is 0.831. The van der Waals surface area contributed by atoms with Gasteiger partial charge in [-0.3, -0.25) is 19.8 Å². The smallest absolute Gasteiger partial charge is 0.117 e. The van der Waals surface area contributed by atoms with Crippen LogP contribution < -0.4 is 0 Å². The third-order valence-corrected chi connectivity index (χ3v) is 5.07. The highest BCUT2D eigenvalue weighted by Crippen LogP contribution is 2.24. The van der Waals surface area contributed by atoms with Crippen LogP contribution in [0.3, 0.4) is 0 Å². The first-order chi connectivity index (χ1) is 12.8. The van der Waals surface area contributed by atoms with E-state index in [0.29, 0.717) is 6.61 Å². The van der Waals surface area contributed by atoms with Crippen LogP contribution >= 0.6 is 0 Å². The Morgan fingerprint density at radius 2 is 1.35 bits per heavy atom. The summed E-state index contributed by atoms with van der Waals surface area (Å²) in [6.07, 6.45) is 7.42. The molecule has 0 N–H and O–H groups in total. The molecule has 2 aromatic heterocycles. The number of hydrogen-bond acceptors (Lipinski definition) is 6. The van der Waals surface area contributed by atoms with Crippen LogP contribution in [0.4, 0.5) is 0 Å². The zero-order valence-corrected chi connectivity index (χ0v) is 15.1. The molecular formula is C20H26N4O2. The summed E-state index contributed by atoms with van der Waals surface area (Å²) in [5, 5.41) is 0. The Morgan fingerprint density at radius 1 is 0.808 bits per heavy atom. The van der Waals surface area contributed by atoms with Crippen molar-refractivity contribution >= 4 is 0 Å². The zero-order chi connectivity index (χ0) is 17.7. The first kappa shape index (κ1) is 17.5. The van der Waals surface area contributed by atoms with Crippen molar-refractivity contribution in [3.8, 4) is 0 Å². The lowest BCUT2D eigenvalue weighted by Gasteiger charge is -2.43.